The summed E-state index contributed by atoms with van der Waals surface area (Å²) in [5.74, 6) is 0.147. The van der Waals surface area contributed by atoms with E-state index in [1.165, 1.54) is 5.56 Å². The van der Waals surface area contributed by atoms with Crippen molar-refractivity contribution in [1.82, 2.24) is 0 Å². The number of amides is 1. The smallest absolute Gasteiger partial charge is 0.231 e. The zero-order valence-electron chi connectivity index (χ0n) is 12.0. The van der Waals surface area contributed by atoms with Gasteiger partial charge in [0, 0.05) is 19.2 Å². The third kappa shape index (κ3) is 2.53. The molecule has 1 amide bonds. The lowest BCUT2D eigenvalue weighted by atomic mass is 10.00. The fourth-order valence-electron chi connectivity index (χ4n) is 2.69. The third-order valence-electron chi connectivity index (χ3n) is 3.98. The Hall–Kier alpha value is -2.60. The second kappa shape index (κ2) is 5.41. The van der Waals surface area contributed by atoms with Gasteiger partial charge in [0.2, 0.25) is 5.91 Å². The lowest BCUT2D eigenvalue weighted by molar-refractivity contribution is -0.117. The van der Waals surface area contributed by atoms with E-state index in [1.807, 2.05) is 13.1 Å². The molecule has 0 atom stereocenters. The highest BCUT2D eigenvalue weighted by atomic mass is 16.2. The van der Waals surface area contributed by atoms with Gasteiger partial charge in [0.15, 0.2) is 0 Å². The molecule has 3 heteroatoms. The highest BCUT2D eigenvalue weighted by Gasteiger charge is 2.23. The Morgan fingerprint density at radius 2 is 1.86 bits per heavy atom. The largest absolute Gasteiger partial charge is 0.315 e. The Kier molecular flexibility index (Phi) is 3.45. The van der Waals surface area contributed by atoms with E-state index in [-0.39, 0.29) is 5.91 Å². The average Bonchev–Trinajstić information content (AvgIpc) is 2.80. The maximum atomic E-state index is 11.7. The van der Waals surface area contributed by atoms with Crippen LogP contribution in [0.4, 0.5) is 5.69 Å². The van der Waals surface area contributed by atoms with Gasteiger partial charge >= 0.3 is 0 Å². The third-order valence-corrected chi connectivity index (χ3v) is 3.98. The summed E-state index contributed by atoms with van der Waals surface area (Å²) >= 11 is 0. The van der Waals surface area contributed by atoms with Crippen molar-refractivity contribution in [2.45, 2.75) is 19.3 Å². The number of nitriles is 1. The summed E-state index contributed by atoms with van der Waals surface area (Å²) in [7, 11) is 1.82. The number of fused-ring (bicyclic) bond motifs is 1. The van der Waals surface area contributed by atoms with E-state index in [2.05, 4.69) is 42.5 Å². The van der Waals surface area contributed by atoms with Crippen molar-refractivity contribution in [3.8, 4) is 17.2 Å². The number of aryl methyl sites for hydroxylation is 1. The fourth-order valence-corrected chi connectivity index (χ4v) is 2.69. The number of nitrogens with zero attached hydrogens (tertiary/aromatic N) is 2. The molecule has 1 heterocycles. The fraction of sp³-hybridized carbons (Fsp3) is 0.222. The summed E-state index contributed by atoms with van der Waals surface area (Å²) in [5, 5.41) is 8.61. The van der Waals surface area contributed by atoms with Gasteiger partial charge in [0.25, 0.3) is 0 Å². The van der Waals surface area contributed by atoms with Gasteiger partial charge in [-0.15, -0.1) is 0 Å². The van der Waals surface area contributed by atoms with Gasteiger partial charge in [-0.1, -0.05) is 36.4 Å². The molecule has 2 aromatic rings. The molecule has 0 spiro atoms. The average molecular weight is 276 g/mol. The van der Waals surface area contributed by atoms with Crippen molar-refractivity contribution in [2.24, 2.45) is 0 Å². The van der Waals surface area contributed by atoms with Crippen LogP contribution in [0, 0.1) is 11.3 Å². The molecule has 1 aliphatic rings. The van der Waals surface area contributed by atoms with Gasteiger partial charge in [-0.05, 0) is 34.7 Å². The van der Waals surface area contributed by atoms with Gasteiger partial charge < -0.3 is 4.90 Å². The first-order valence-electron chi connectivity index (χ1n) is 7.05. The normalized spacial score (nSPS) is 13.1. The van der Waals surface area contributed by atoms with E-state index in [1.54, 1.807) is 4.90 Å². The van der Waals surface area contributed by atoms with E-state index in [4.69, 9.17) is 5.26 Å². The summed E-state index contributed by atoms with van der Waals surface area (Å²) in [6.45, 7) is 0. The molecule has 0 fully saturated rings. The van der Waals surface area contributed by atoms with Crippen molar-refractivity contribution in [3.63, 3.8) is 0 Å². The molecule has 1 aliphatic heterocycles. The second-order valence-electron chi connectivity index (χ2n) is 5.33. The second-order valence-corrected chi connectivity index (χ2v) is 5.33. The molecule has 0 saturated heterocycles. The molecule has 21 heavy (non-hydrogen) atoms. The van der Waals surface area contributed by atoms with Gasteiger partial charge in [-0.3, -0.25) is 4.79 Å². The Bertz CT molecular complexity index is 726. The molecule has 0 radical (unpaired) electrons. The number of anilines is 1. The van der Waals surface area contributed by atoms with E-state index in [9.17, 15) is 4.79 Å². The molecular weight excluding hydrogens is 260 g/mol. The van der Waals surface area contributed by atoms with Gasteiger partial charge in [-0.2, -0.15) is 5.26 Å². The molecule has 0 unspecified atom stereocenters. The topological polar surface area (TPSA) is 44.1 Å². The lowest BCUT2D eigenvalue weighted by Gasteiger charge is -2.12. The van der Waals surface area contributed by atoms with Crippen LogP contribution in [0.3, 0.4) is 0 Å². The van der Waals surface area contributed by atoms with Crippen molar-refractivity contribution in [1.29, 1.82) is 5.26 Å². The number of rotatable bonds is 3. The molecule has 0 bridgehead atoms. The molecule has 104 valence electrons. The van der Waals surface area contributed by atoms with Gasteiger partial charge in [-0.25, -0.2) is 0 Å². The van der Waals surface area contributed by atoms with Gasteiger partial charge in [0.05, 0.1) is 12.5 Å². The number of likely N-dealkylation sites (N-methyl/N-ethyl adjacent to an activating group) is 1. The number of carbonyl (C=O) groups excluding carboxylic acids is 1. The molecule has 0 saturated carbocycles. The van der Waals surface area contributed by atoms with Crippen LogP contribution in [0.15, 0.2) is 42.5 Å². The van der Waals surface area contributed by atoms with Crippen LogP contribution in [0.25, 0.3) is 11.1 Å². The van der Waals surface area contributed by atoms with E-state index < -0.39 is 0 Å². The van der Waals surface area contributed by atoms with Crippen molar-refractivity contribution >= 4 is 11.6 Å². The summed E-state index contributed by atoms with van der Waals surface area (Å²) in [6, 6.07) is 16.6. The Balaban J connectivity index is 1.88. The van der Waals surface area contributed by atoms with E-state index in [0.29, 0.717) is 12.8 Å². The van der Waals surface area contributed by atoms with Crippen LogP contribution >= 0.6 is 0 Å². The number of hydrogen-bond donors (Lipinski definition) is 0. The molecule has 0 aromatic heterocycles. The van der Waals surface area contributed by atoms with E-state index in [0.717, 1.165) is 28.8 Å². The summed E-state index contributed by atoms with van der Waals surface area (Å²) in [5.41, 5.74) is 5.52. The van der Waals surface area contributed by atoms with Crippen LogP contribution in [0.5, 0.6) is 0 Å². The van der Waals surface area contributed by atoms with E-state index >= 15 is 0 Å². The van der Waals surface area contributed by atoms with Crippen LogP contribution in [0.2, 0.25) is 0 Å². The SMILES string of the molecule is CN1C(=O)Cc2ccc(-c3ccc(CCC#N)cc3)cc21. The maximum absolute atomic E-state index is 11.7. The Morgan fingerprint density at radius 3 is 2.57 bits per heavy atom. The maximum Gasteiger partial charge on any atom is 0.231 e. The molecule has 3 rings (SSSR count). The van der Waals surface area contributed by atoms with Crippen LogP contribution in [-0.4, -0.2) is 13.0 Å². The number of hydrogen-bond acceptors (Lipinski definition) is 2. The Morgan fingerprint density at radius 1 is 1.14 bits per heavy atom. The molecule has 0 N–H and O–H groups in total. The predicted octanol–water partition coefficient (Wildman–Crippen LogP) is 3.33. The zero-order valence-corrected chi connectivity index (χ0v) is 12.0. The first-order chi connectivity index (χ1) is 10.2. The summed E-state index contributed by atoms with van der Waals surface area (Å²) in [6.07, 6.45) is 1.84. The Labute approximate surface area is 124 Å². The molecule has 2 aromatic carbocycles. The van der Waals surface area contributed by atoms with Crippen LogP contribution in [-0.2, 0) is 17.6 Å². The van der Waals surface area contributed by atoms with Crippen LogP contribution in [0.1, 0.15) is 17.5 Å². The number of carbonyl (C=O) groups is 1. The first kappa shape index (κ1) is 13.4. The quantitative estimate of drug-likeness (QED) is 0.863. The van der Waals surface area contributed by atoms with Crippen molar-refractivity contribution in [2.75, 3.05) is 11.9 Å². The lowest BCUT2D eigenvalue weighted by Crippen LogP contribution is -2.20. The standard InChI is InChI=1S/C18H16N2O/c1-20-17-11-15(8-9-16(17)12-18(20)21)14-6-4-13(5-7-14)3-2-10-19/h4-9,11H,2-3,12H2,1H3. The highest BCUT2D eigenvalue weighted by molar-refractivity contribution is 6.01. The summed E-state index contributed by atoms with van der Waals surface area (Å²) < 4.78 is 0. The van der Waals surface area contributed by atoms with Crippen molar-refractivity contribution in [3.05, 3.63) is 53.6 Å². The minimum atomic E-state index is 0.147. The minimum Gasteiger partial charge on any atom is -0.315 e. The molecular formula is C18H16N2O. The zero-order chi connectivity index (χ0) is 14.8. The van der Waals surface area contributed by atoms with Crippen molar-refractivity contribution < 1.29 is 4.79 Å². The number of benzene rings is 2. The highest BCUT2D eigenvalue weighted by Crippen LogP contribution is 2.32. The molecule has 3 nitrogen and oxygen atoms in total. The minimum absolute atomic E-state index is 0.147. The monoisotopic (exact) mass is 276 g/mol. The predicted molar refractivity (Wildman–Crippen MR) is 82.9 cm³/mol. The van der Waals surface area contributed by atoms with Crippen LogP contribution < -0.4 is 4.90 Å². The first-order valence-corrected chi connectivity index (χ1v) is 7.05. The van der Waals surface area contributed by atoms with Gasteiger partial charge in [0.1, 0.15) is 0 Å². The summed E-state index contributed by atoms with van der Waals surface area (Å²) in [4.78, 5) is 13.4. The molecule has 0 aliphatic carbocycles.